The monoisotopic (exact) mass is 411 g/mol. The van der Waals surface area contributed by atoms with Crippen molar-refractivity contribution in [1.82, 2.24) is 5.32 Å². The second-order valence-corrected chi connectivity index (χ2v) is 7.74. The predicted molar refractivity (Wildman–Crippen MR) is 98.2 cm³/mol. The van der Waals surface area contributed by atoms with Gasteiger partial charge >= 0.3 is 0 Å². The summed E-state index contributed by atoms with van der Waals surface area (Å²) in [6.45, 7) is 1.34. The van der Waals surface area contributed by atoms with Crippen LogP contribution in [0.25, 0.3) is 0 Å². The summed E-state index contributed by atoms with van der Waals surface area (Å²) in [6, 6.07) is 7.31. The number of aliphatic imine (C=N–C) groups is 1. The van der Waals surface area contributed by atoms with E-state index in [1.807, 2.05) is 12.1 Å². The lowest BCUT2D eigenvalue weighted by atomic mass is 10.2. The number of amidine groups is 1. The highest BCUT2D eigenvalue weighted by atomic mass is 79.9. The fourth-order valence-corrected chi connectivity index (χ4v) is 3.74. The van der Waals surface area contributed by atoms with Crippen molar-refractivity contribution < 1.29 is 14.3 Å². The molecule has 1 aromatic carbocycles. The zero-order valence-corrected chi connectivity index (χ0v) is 15.4. The number of rotatable bonds is 5. The molecule has 2 aliphatic rings. The first-order valence-electron chi connectivity index (χ1n) is 7.79. The summed E-state index contributed by atoms with van der Waals surface area (Å²) in [5.74, 6) is -0.359. The molecule has 2 fully saturated rings. The van der Waals surface area contributed by atoms with E-state index in [9.17, 15) is 9.59 Å². The molecule has 0 aromatic heterocycles. The topological polar surface area (TPSA) is 79.8 Å². The Labute approximate surface area is 152 Å². The molecule has 2 aliphatic heterocycles. The summed E-state index contributed by atoms with van der Waals surface area (Å²) in [5, 5.41) is 5.67. The second kappa shape index (κ2) is 8.13. The van der Waals surface area contributed by atoms with Crippen molar-refractivity contribution >= 4 is 50.4 Å². The molecule has 6 nitrogen and oxygen atoms in total. The SMILES string of the molecule is O=C(C[C@H]1SC(=NC[C@@H]2CCCO2)NC1=O)Nc1ccc(Br)cc1. The van der Waals surface area contributed by atoms with E-state index in [0.29, 0.717) is 17.4 Å². The maximum atomic E-state index is 12.1. The van der Waals surface area contributed by atoms with Gasteiger partial charge in [0.05, 0.1) is 12.6 Å². The maximum Gasteiger partial charge on any atom is 0.240 e. The molecule has 0 unspecified atom stereocenters. The smallest absolute Gasteiger partial charge is 0.240 e. The third-order valence-electron chi connectivity index (χ3n) is 3.74. The van der Waals surface area contributed by atoms with Crippen molar-refractivity contribution in [3.63, 3.8) is 0 Å². The molecule has 2 N–H and O–H groups in total. The van der Waals surface area contributed by atoms with Crippen LogP contribution in [0.1, 0.15) is 19.3 Å². The van der Waals surface area contributed by atoms with Gasteiger partial charge in [-0.3, -0.25) is 14.6 Å². The van der Waals surface area contributed by atoms with Crippen LogP contribution in [0.2, 0.25) is 0 Å². The lowest BCUT2D eigenvalue weighted by Crippen LogP contribution is -2.28. The van der Waals surface area contributed by atoms with Gasteiger partial charge in [0.1, 0.15) is 5.25 Å². The van der Waals surface area contributed by atoms with E-state index in [-0.39, 0.29) is 24.3 Å². The Morgan fingerprint density at radius 2 is 2.21 bits per heavy atom. The third kappa shape index (κ3) is 4.81. The molecule has 1 aromatic rings. The zero-order chi connectivity index (χ0) is 16.9. The maximum absolute atomic E-state index is 12.1. The standard InChI is InChI=1S/C16H18BrN3O3S/c17-10-3-5-11(6-4-10)19-14(21)8-13-15(22)20-16(24-13)18-9-12-2-1-7-23-12/h3-6,12-13H,1-2,7-9H2,(H,19,21)(H,18,20,22)/t12-,13+/m0/s1. The highest BCUT2D eigenvalue weighted by Gasteiger charge is 2.32. The highest BCUT2D eigenvalue weighted by molar-refractivity contribution is 9.10. The van der Waals surface area contributed by atoms with E-state index in [1.165, 1.54) is 11.8 Å². The minimum absolute atomic E-state index is 0.117. The molecule has 0 radical (unpaired) electrons. The molecular formula is C16H18BrN3O3S. The lowest BCUT2D eigenvalue weighted by molar-refractivity contribution is -0.122. The number of nitrogens with one attached hydrogen (secondary N) is 2. The molecule has 8 heteroatoms. The Balaban J connectivity index is 1.49. The Kier molecular flexibility index (Phi) is 5.91. The minimum Gasteiger partial charge on any atom is -0.376 e. The molecule has 2 saturated heterocycles. The van der Waals surface area contributed by atoms with Crippen molar-refractivity contribution in [2.24, 2.45) is 4.99 Å². The Bertz CT molecular complexity index is 644. The fourth-order valence-electron chi connectivity index (χ4n) is 2.50. The van der Waals surface area contributed by atoms with Gasteiger partial charge in [-0.2, -0.15) is 0 Å². The van der Waals surface area contributed by atoms with Gasteiger partial charge in [-0.25, -0.2) is 0 Å². The number of benzene rings is 1. The zero-order valence-electron chi connectivity index (χ0n) is 13.0. The van der Waals surface area contributed by atoms with Crippen molar-refractivity contribution in [3.05, 3.63) is 28.7 Å². The predicted octanol–water partition coefficient (Wildman–Crippen LogP) is 2.54. The van der Waals surface area contributed by atoms with E-state index in [4.69, 9.17) is 4.74 Å². The van der Waals surface area contributed by atoms with E-state index in [2.05, 4.69) is 31.6 Å². The van der Waals surface area contributed by atoms with Gasteiger partial charge in [0.2, 0.25) is 11.8 Å². The Morgan fingerprint density at radius 1 is 1.42 bits per heavy atom. The molecule has 3 rings (SSSR count). The normalized spacial score (nSPS) is 25.0. The van der Waals surface area contributed by atoms with Crippen LogP contribution in [0.4, 0.5) is 5.69 Å². The Morgan fingerprint density at radius 3 is 2.92 bits per heavy atom. The van der Waals surface area contributed by atoms with Crippen molar-refractivity contribution in [2.45, 2.75) is 30.6 Å². The minimum atomic E-state index is -0.441. The summed E-state index contributed by atoms with van der Waals surface area (Å²) in [7, 11) is 0. The summed E-state index contributed by atoms with van der Waals surface area (Å²) in [6.07, 6.45) is 2.34. The van der Waals surface area contributed by atoms with Crippen LogP contribution in [0.3, 0.4) is 0 Å². The molecule has 0 spiro atoms. The van der Waals surface area contributed by atoms with Gasteiger partial charge < -0.3 is 15.4 Å². The largest absolute Gasteiger partial charge is 0.376 e. The number of hydrogen-bond donors (Lipinski definition) is 2. The number of thioether (sulfide) groups is 1. The number of carbonyl (C=O) groups excluding carboxylic acids is 2. The van der Waals surface area contributed by atoms with Crippen LogP contribution in [0, 0.1) is 0 Å². The average Bonchev–Trinajstić information content (AvgIpc) is 3.18. The summed E-state index contributed by atoms with van der Waals surface area (Å²) < 4.78 is 6.45. The number of anilines is 1. The molecule has 128 valence electrons. The van der Waals surface area contributed by atoms with E-state index < -0.39 is 5.25 Å². The van der Waals surface area contributed by atoms with Crippen LogP contribution in [-0.4, -0.2) is 41.5 Å². The first-order valence-corrected chi connectivity index (χ1v) is 9.46. The Hall–Kier alpha value is -1.38. The molecular weight excluding hydrogens is 394 g/mol. The number of carbonyl (C=O) groups is 2. The third-order valence-corrected chi connectivity index (χ3v) is 5.39. The van der Waals surface area contributed by atoms with Crippen LogP contribution in [0.5, 0.6) is 0 Å². The average molecular weight is 412 g/mol. The number of nitrogens with zero attached hydrogens (tertiary/aromatic N) is 1. The molecule has 2 atom stereocenters. The molecule has 24 heavy (non-hydrogen) atoms. The summed E-state index contributed by atoms with van der Waals surface area (Å²) in [4.78, 5) is 28.5. The van der Waals surface area contributed by atoms with Crippen molar-refractivity contribution in [1.29, 1.82) is 0 Å². The number of hydrogen-bond acceptors (Lipinski definition) is 5. The van der Waals surface area contributed by atoms with E-state index in [0.717, 1.165) is 23.9 Å². The van der Waals surface area contributed by atoms with Crippen LogP contribution in [-0.2, 0) is 14.3 Å². The van der Waals surface area contributed by atoms with Gasteiger partial charge in [0.15, 0.2) is 5.17 Å². The van der Waals surface area contributed by atoms with Crippen LogP contribution >= 0.6 is 27.7 Å². The van der Waals surface area contributed by atoms with E-state index >= 15 is 0 Å². The molecule has 0 bridgehead atoms. The first-order chi connectivity index (χ1) is 11.6. The van der Waals surface area contributed by atoms with Crippen LogP contribution in [0.15, 0.2) is 33.7 Å². The number of halogens is 1. The van der Waals surface area contributed by atoms with Crippen LogP contribution < -0.4 is 10.6 Å². The van der Waals surface area contributed by atoms with Gasteiger partial charge in [0.25, 0.3) is 0 Å². The fraction of sp³-hybridized carbons (Fsp3) is 0.438. The first kappa shape index (κ1) is 17.4. The van der Waals surface area contributed by atoms with Gasteiger partial charge in [-0.15, -0.1) is 0 Å². The van der Waals surface area contributed by atoms with Crippen molar-refractivity contribution in [3.8, 4) is 0 Å². The molecule has 0 saturated carbocycles. The lowest BCUT2D eigenvalue weighted by Gasteiger charge is -2.07. The number of ether oxygens (including phenoxy) is 1. The second-order valence-electron chi connectivity index (χ2n) is 5.64. The van der Waals surface area contributed by atoms with Gasteiger partial charge in [-0.1, -0.05) is 27.7 Å². The van der Waals surface area contributed by atoms with Gasteiger partial charge in [-0.05, 0) is 37.1 Å². The molecule has 2 amide bonds. The molecule has 2 heterocycles. The highest BCUT2D eigenvalue weighted by Crippen LogP contribution is 2.24. The van der Waals surface area contributed by atoms with E-state index in [1.54, 1.807) is 12.1 Å². The summed E-state index contributed by atoms with van der Waals surface area (Å²) in [5.41, 5.74) is 0.707. The number of amides is 2. The summed E-state index contributed by atoms with van der Waals surface area (Å²) >= 11 is 4.65. The van der Waals surface area contributed by atoms with Gasteiger partial charge in [0, 0.05) is 23.2 Å². The quantitative estimate of drug-likeness (QED) is 0.779. The molecule has 0 aliphatic carbocycles. The van der Waals surface area contributed by atoms with Crippen molar-refractivity contribution in [2.75, 3.05) is 18.5 Å².